The Bertz CT molecular complexity index is 974. The maximum atomic E-state index is 12.9. The molecule has 0 radical (unpaired) electrons. The number of nitrogens with zero attached hydrogens (tertiary/aromatic N) is 2. The quantitative estimate of drug-likeness (QED) is 0.626. The van der Waals surface area contributed by atoms with E-state index in [1.165, 1.54) is 12.0 Å². The van der Waals surface area contributed by atoms with Crippen molar-refractivity contribution in [3.05, 3.63) is 41.1 Å². The van der Waals surface area contributed by atoms with E-state index < -0.39 is 30.5 Å². The molecule has 1 aromatic carbocycles. The van der Waals surface area contributed by atoms with Crippen molar-refractivity contribution >= 4 is 28.7 Å². The third kappa shape index (κ3) is 5.02. The summed E-state index contributed by atoms with van der Waals surface area (Å²) in [4.78, 5) is 43.9. The lowest BCUT2D eigenvalue weighted by atomic mass is 10.0. The van der Waals surface area contributed by atoms with Gasteiger partial charge in [-0.15, -0.1) is 0 Å². The van der Waals surface area contributed by atoms with Crippen molar-refractivity contribution in [3.63, 3.8) is 0 Å². The molecular formula is C23H28N2O6. The largest absolute Gasteiger partial charge is 0.464 e. The highest BCUT2D eigenvalue weighted by Crippen LogP contribution is 2.24. The average Bonchev–Trinajstić information content (AvgIpc) is 2.78. The first-order valence-electron chi connectivity index (χ1n) is 10.5. The van der Waals surface area contributed by atoms with Crippen LogP contribution in [0.15, 0.2) is 24.3 Å². The minimum Gasteiger partial charge on any atom is -0.464 e. The van der Waals surface area contributed by atoms with E-state index in [0.717, 1.165) is 29.3 Å². The fraction of sp³-hybridized carbons (Fsp3) is 0.478. The molecule has 3 rings (SSSR count). The lowest BCUT2D eigenvalue weighted by molar-refractivity contribution is -0.157. The number of carbonyl (C=O) groups is 3. The second kappa shape index (κ2) is 10.3. The molecule has 2 aromatic rings. The van der Waals surface area contributed by atoms with E-state index in [9.17, 15) is 14.4 Å². The molecule has 0 spiro atoms. The Morgan fingerprint density at radius 3 is 2.68 bits per heavy atom. The number of aromatic nitrogens is 1. The number of piperidine rings is 1. The van der Waals surface area contributed by atoms with Gasteiger partial charge in [-0.2, -0.15) is 0 Å². The highest BCUT2D eigenvalue weighted by molar-refractivity contribution is 5.99. The zero-order valence-corrected chi connectivity index (χ0v) is 18.2. The van der Waals surface area contributed by atoms with Crippen LogP contribution in [0.25, 0.3) is 10.9 Å². The SMILES string of the molecule is CCOC(=O)C1CCCCN1C(=O)COC(=O)c1c(COC)nc2ccccc2c1C. The molecule has 0 saturated carbocycles. The number of esters is 2. The summed E-state index contributed by atoms with van der Waals surface area (Å²) in [6.45, 7) is 3.93. The van der Waals surface area contributed by atoms with Crippen molar-refractivity contribution < 1.29 is 28.6 Å². The Hall–Kier alpha value is -3.00. The number of ether oxygens (including phenoxy) is 3. The van der Waals surface area contributed by atoms with Gasteiger partial charge in [0.05, 0.1) is 30.0 Å². The second-order valence-corrected chi connectivity index (χ2v) is 7.44. The zero-order chi connectivity index (χ0) is 22.4. The molecule has 1 aliphatic heterocycles. The molecule has 8 heteroatoms. The third-order valence-electron chi connectivity index (χ3n) is 5.42. The van der Waals surface area contributed by atoms with Gasteiger partial charge < -0.3 is 19.1 Å². The maximum absolute atomic E-state index is 12.9. The maximum Gasteiger partial charge on any atom is 0.340 e. The van der Waals surface area contributed by atoms with Crippen molar-refractivity contribution in [3.8, 4) is 0 Å². The van der Waals surface area contributed by atoms with Gasteiger partial charge in [-0.05, 0) is 44.7 Å². The number of likely N-dealkylation sites (tertiary alicyclic amines) is 1. The topological polar surface area (TPSA) is 95.0 Å². The minimum atomic E-state index is -0.638. The Morgan fingerprint density at radius 1 is 1.16 bits per heavy atom. The van der Waals surface area contributed by atoms with E-state index in [-0.39, 0.29) is 13.2 Å². The lowest BCUT2D eigenvalue weighted by Gasteiger charge is -2.33. The van der Waals surface area contributed by atoms with E-state index in [1.54, 1.807) is 6.92 Å². The normalized spacial score (nSPS) is 16.2. The predicted molar refractivity (Wildman–Crippen MR) is 113 cm³/mol. The number of para-hydroxylation sites is 1. The number of amides is 1. The van der Waals surface area contributed by atoms with E-state index in [0.29, 0.717) is 24.2 Å². The molecule has 1 atom stereocenters. The summed E-state index contributed by atoms with van der Waals surface area (Å²) < 4.78 is 15.7. The van der Waals surface area contributed by atoms with E-state index in [4.69, 9.17) is 14.2 Å². The number of carbonyl (C=O) groups excluding carboxylic acids is 3. The predicted octanol–water partition coefficient (Wildman–Crippen LogP) is 2.79. The van der Waals surface area contributed by atoms with E-state index >= 15 is 0 Å². The van der Waals surface area contributed by atoms with Crippen molar-refractivity contribution in [2.75, 3.05) is 26.9 Å². The van der Waals surface area contributed by atoms with Crippen LogP contribution in [0.3, 0.4) is 0 Å². The van der Waals surface area contributed by atoms with Crippen LogP contribution in [0.5, 0.6) is 0 Å². The summed E-state index contributed by atoms with van der Waals surface area (Å²) in [5, 5.41) is 0.832. The molecule has 1 unspecified atom stereocenters. The molecule has 1 saturated heterocycles. The molecule has 0 N–H and O–H groups in total. The average molecular weight is 428 g/mol. The Morgan fingerprint density at radius 2 is 1.94 bits per heavy atom. The van der Waals surface area contributed by atoms with E-state index in [2.05, 4.69) is 4.98 Å². The van der Waals surface area contributed by atoms with Crippen LogP contribution in [-0.4, -0.2) is 60.6 Å². The summed E-state index contributed by atoms with van der Waals surface area (Å²) >= 11 is 0. The molecule has 1 aromatic heterocycles. The number of hydrogen-bond acceptors (Lipinski definition) is 7. The molecule has 0 bridgehead atoms. The van der Waals surface area contributed by atoms with Crippen LogP contribution in [0, 0.1) is 6.92 Å². The molecule has 2 heterocycles. The first kappa shape index (κ1) is 22.7. The van der Waals surface area contributed by atoms with Gasteiger partial charge in [0.15, 0.2) is 6.61 Å². The molecule has 8 nitrogen and oxygen atoms in total. The van der Waals surface area contributed by atoms with Crippen LogP contribution in [0.2, 0.25) is 0 Å². The highest BCUT2D eigenvalue weighted by atomic mass is 16.5. The fourth-order valence-corrected chi connectivity index (χ4v) is 3.95. The number of aryl methyl sites for hydroxylation is 1. The molecule has 1 fully saturated rings. The van der Waals surface area contributed by atoms with Crippen LogP contribution in [-0.2, 0) is 30.4 Å². The zero-order valence-electron chi connectivity index (χ0n) is 18.2. The van der Waals surface area contributed by atoms with E-state index in [1.807, 2.05) is 31.2 Å². The van der Waals surface area contributed by atoms with Crippen LogP contribution < -0.4 is 0 Å². The standard InChI is InChI=1S/C23H28N2O6/c1-4-30-22(27)19-11-7-8-12-25(19)20(26)14-31-23(28)21-15(2)16-9-5-6-10-17(16)24-18(21)13-29-3/h5-6,9-10,19H,4,7-8,11-14H2,1-3H3. The first-order chi connectivity index (χ1) is 15.0. The van der Waals surface area contributed by atoms with Crippen molar-refractivity contribution in [1.82, 2.24) is 9.88 Å². The van der Waals surface area contributed by atoms with Gasteiger partial charge in [-0.25, -0.2) is 14.6 Å². The van der Waals surface area contributed by atoms with Crippen LogP contribution >= 0.6 is 0 Å². The number of methoxy groups -OCH3 is 1. The number of hydrogen-bond donors (Lipinski definition) is 0. The van der Waals surface area contributed by atoms with Gasteiger partial charge in [0.2, 0.25) is 0 Å². The van der Waals surface area contributed by atoms with Crippen LogP contribution in [0.4, 0.5) is 0 Å². The molecule has 1 amide bonds. The fourth-order valence-electron chi connectivity index (χ4n) is 3.95. The van der Waals surface area contributed by atoms with Gasteiger partial charge in [0, 0.05) is 19.0 Å². The summed E-state index contributed by atoms with van der Waals surface area (Å²) in [6.07, 6.45) is 2.18. The number of pyridine rings is 1. The van der Waals surface area contributed by atoms with Gasteiger partial charge >= 0.3 is 11.9 Å². The molecule has 1 aliphatic rings. The van der Waals surface area contributed by atoms with Gasteiger partial charge in [-0.3, -0.25) is 4.79 Å². The minimum absolute atomic E-state index is 0.140. The second-order valence-electron chi connectivity index (χ2n) is 7.44. The van der Waals surface area contributed by atoms with Gasteiger partial charge in [0.1, 0.15) is 6.04 Å². The number of rotatable bonds is 7. The van der Waals surface area contributed by atoms with Crippen LogP contribution in [0.1, 0.15) is 47.8 Å². The van der Waals surface area contributed by atoms with Crippen molar-refractivity contribution in [2.24, 2.45) is 0 Å². The summed E-state index contributed by atoms with van der Waals surface area (Å²) in [5.74, 6) is -1.47. The first-order valence-corrected chi connectivity index (χ1v) is 10.5. The van der Waals surface area contributed by atoms with Crippen molar-refractivity contribution in [2.45, 2.75) is 45.8 Å². The Balaban J connectivity index is 1.77. The van der Waals surface area contributed by atoms with Gasteiger partial charge in [-0.1, -0.05) is 18.2 Å². The van der Waals surface area contributed by atoms with Gasteiger partial charge in [0.25, 0.3) is 5.91 Å². The number of fused-ring (bicyclic) bond motifs is 1. The molecule has 0 aliphatic carbocycles. The molecule has 166 valence electrons. The Kier molecular flexibility index (Phi) is 7.57. The summed E-state index contributed by atoms with van der Waals surface area (Å²) in [5.41, 5.74) is 2.23. The summed E-state index contributed by atoms with van der Waals surface area (Å²) in [6, 6.07) is 6.87. The monoisotopic (exact) mass is 428 g/mol. The third-order valence-corrected chi connectivity index (χ3v) is 5.42. The molecular weight excluding hydrogens is 400 g/mol. The molecule has 31 heavy (non-hydrogen) atoms. The smallest absolute Gasteiger partial charge is 0.340 e. The van der Waals surface area contributed by atoms with Crippen molar-refractivity contribution in [1.29, 1.82) is 0 Å². The highest BCUT2D eigenvalue weighted by Gasteiger charge is 2.33. The lowest BCUT2D eigenvalue weighted by Crippen LogP contribution is -2.50. The number of benzene rings is 1. The Labute approximate surface area is 181 Å². The summed E-state index contributed by atoms with van der Waals surface area (Å²) in [7, 11) is 1.52.